The maximum absolute atomic E-state index is 13.5. The van der Waals surface area contributed by atoms with Gasteiger partial charge in [-0.05, 0) is 30.7 Å². The standard InChI is InChI=1S/C14H12FNO3S/c1-9-7-19-14(16-9)20-8-10-2-4-12(15)11(6-10)3-5-13(17)18/h2-7H,8H2,1H3,(H,17,18)/b5-3+. The summed E-state index contributed by atoms with van der Waals surface area (Å²) in [5.41, 5.74) is 1.91. The molecule has 0 amide bonds. The van der Waals surface area contributed by atoms with Crippen molar-refractivity contribution in [2.45, 2.75) is 17.9 Å². The summed E-state index contributed by atoms with van der Waals surface area (Å²) in [6, 6.07) is 4.58. The second-order valence-corrected chi connectivity index (χ2v) is 5.00. The lowest BCUT2D eigenvalue weighted by Gasteiger charge is -2.02. The summed E-state index contributed by atoms with van der Waals surface area (Å²) in [4.78, 5) is 14.6. The van der Waals surface area contributed by atoms with E-state index >= 15 is 0 Å². The van der Waals surface area contributed by atoms with E-state index in [0.717, 1.165) is 17.3 Å². The number of oxazole rings is 1. The van der Waals surface area contributed by atoms with Crippen molar-refractivity contribution in [2.24, 2.45) is 0 Å². The first-order chi connectivity index (χ1) is 9.54. The van der Waals surface area contributed by atoms with Gasteiger partial charge in [0.15, 0.2) is 0 Å². The fourth-order valence-electron chi connectivity index (χ4n) is 1.52. The van der Waals surface area contributed by atoms with E-state index in [4.69, 9.17) is 9.52 Å². The number of hydrogen-bond donors (Lipinski definition) is 1. The van der Waals surface area contributed by atoms with E-state index in [1.54, 1.807) is 18.4 Å². The third kappa shape index (κ3) is 3.96. The van der Waals surface area contributed by atoms with Crippen LogP contribution in [0.3, 0.4) is 0 Å². The number of carboxylic acid groups (broad SMARTS) is 1. The SMILES string of the molecule is Cc1coc(SCc2ccc(F)c(/C=C/C(=O)O)c2)n1. The smallest absolute Gasteiger partial charge is 0.328 e. The number of hydrogen-bond acceptors (Lipinski definition) is 4. The topological polar surface area (TPSA) is 63.3 Å². The number of rotatable bonds is 5. The number of aliphatic carboxylic acids is 1. The van der Waals surface area contributed by atoms with Crippen LogP contribution in [0.1, 0.15) is 16.8 Å². The third-order valence-electron chi connectivity index (χ3n) is 2.43. The average Bonchev–Trinajstić information content (AvgIpc) is 2.82. The predicted molar refractivity (Wildman–Crippen MR) is 73.9 cm³/mol. The van der Waals surface area contributed by atoms with Crippen LogP contribution in [0.25, 0.3) is 6.08 Å². The molecule has 0 fully saturated rings. The Morgan fingerprint density at radius 3 is 3.00 bits per heavy atom. The van der Waals surface area contributed by atoms with Crippen molar-refractivity contribution < 1.29 is 18.7 Å². The minimum Gasteiger partial charge on any atom is -0.478 e. The molecule has 1 aromatic carbocycles. The number of benzene rings is 1. The number of thioether (sulfide) groups is 1. The Labute approximate surface area is 119 Å². The van der Waals surface area contributed by atoms with Crippen LogP contribution in [0.5, 0.6) is 0 Å². The van der Waals surface area contributed by atoms with Crippen molar-refractivity contribution in [1.29, 1.82) is 0 Å². The Kier molecular flexibility index (Phi) is 4.57. The normalized spacial score (nSPS) is 11.1. The Balaban J connectivity index is 2.08. The van der Waals surface area contributed by atoms with Gasteiger partial charge in [0.05, 0.1) is 5.69 Å². The summed E-state index contributed by atoms with van der Waals surface area (Å²) in [6.07, 6.45) is 3.71. The molecule has 20 heavy (non-hydrogen) atoms. The molecule has 0 aliphatic rings. The third-order valence-corrected chi connectivity index (χ3v) is 3.34. The first-order valence-electron chi connectivity index (χ1n) is 5.79. The number of halogens is 1. The number of carboxylic acids is 1. The Hall–Kier alpha value is -2.08. The zero-order valence-electron chi connectivity index (χ0n) is 10.7. The molecule has 0 radical (unpaired) electrons. The fraction of sp³-hybridized carbons (Fsp3) is 0.143. The molecular formula is C14H12FNO3S. The molecular weight excluding hydrogens is 281 g/mol. The van der Waals surface area contributed by atoms with Gasteiger partial charge in [-0.2, -0.15) is 0 Å². The van der Waals surface area contributed by atoms with Gasteiger partial charge >= 0.3 is 5.97 Å². The molecule has 0 aliphatic carbocycles. The molecule has 2 rings (SSSR count). The van der Waals surface area contributed by atoms with E-state index < -0.39 is 11.8 Å². The zero-order valence-corrected chi connectivity index (χ0v) is 11.5. The van der Waals surface area contributed by atoms with Crippen molar-refractivity contribution in [1.82, 2.24) is 4.98 Å². The summed E-state index contributed by atoms with van der Waals surface area (Å²) >= 11 is 1.39. The maximum Gasteiger partial charge on any atom is 0.328 e. The molecule has 1 N–H and O–H groups in total. The van der Waals surface area contributed by atoms with Gasteiger partial charge in [-0.3, -0.25) is 0 Å². The number of carbonyl (C=O) groups is 1. The highest BCUT2D eigenvalue weighted by molar-refractivity contribution is 7.98. The van der Waals surface area contributed by atoms with Crippen LogP contribution in [-0.2, 0) is 10.5 Å². The summed E-state index contributed by atoms with van der Waals surface area (Å²) in [5, 5.41) is 9.11. The van der Waals surface area contributed by atoms with Gasteiger partial charge in [-0.15, -0.1) is 0 Å². The fourth-order valence-corrected chi connectivity index (χ4v) is 2.31. The first kappa shape index (κ1) is 14.3. The maximum atomic E-state index is 13.5. The highest BCUT2D eigenvalue weighted by Gasteiger charge is 2.05. The van der Waals surface area contributed by atoms with Gasteiger partial charge in [0.25, 0.3) is 5.22 Å². The Morgan fingerprint density at radius 2 is 2.35 bits per heavy atom. The van der Waals surface area contributed by atoms with Crippen molar-refractivity contribution in [3.05, 3.63) is 53.2 Å². The minimum atomic E-state index is -1.11. The van der Waals surface area contributed by atoms with E-state index in [1.807, 2.05) is 6.92 Å². The highest BCUT2D eigenvalue weighted by atomic mass is 32.2. The Bertz CT molecular complexity index is 652. The van der Waals surface area contributed by atoms with Gasteiger partial charge in [-0.25, -0.2) is 14.2 Å². The lowest BCUT2D eigenvalue weighted by atomic mass is 10.1. The van der Waals surface area contributed by atoms with Crippen LogP contribution in [0.4, 0.5) is 4.39 Å². The molecule has 0 spiro atoms. The number of aromatic nitrogens is 1. The molecule has 0 aliphatic heterocycles. The molecule has 104 valence electrons. The molecule has 2 aromatic rings. The van der Waals surface area contributed by atoms with E-state index in [2.05, 4.69) is 4.98 Å². The molecule has 1 aromatic heterocycles. The van der Waals surface area contributed by atoms with E-state index in [0.29, 0.717) is 11.0 Å². The van der Waals surface area contributed by atoms with Crippen LogP contribution in [0.2, 0.25) is 0 Å². The quantitative estimate of drug-likeness (QED) is 0.675. The van der Waals surface area contributed by atoms with Crippen LogP contribution >= 0.6 is 11.8 Å². The predicted octanol–water partition coefficient (Wildman–Crippen LogP) is 3.51. The van der Waals surface area contributed by atoms with Crippen molar-refractivity contribution in [3.8, 4) is 0 Å². The van der Waals surface area contributed by atoms with E-state index in [9.17, 15) is 9.18 Å². The lowest BCUT2D eigenvalue weighted by molar-refractivity contribution is -0.131. The van der Waals surface area contributed by atoms with Gasteiger partial charge < -0.3 is 9.52 Å². The van der Waals surface area contributed by atoms with Crippen molar-refractivity contribution in [2.75, 3.05) is 0 Å². The summed E-state index contributed by atoms with van der Waals surface area (Å²) in [5.74, 6) is -1.00. The molecule has 6 heteroatoms. The summed E-state index contributed by atoms with van der Waals surface area (Å²) in [6.45, 7) is 1.83. The van der Waals surface area contributed by atoms with Gasteiger partial charge in [0.1, 0.15) is 12.1 Å². The number of nitrogens with zero attached hydrogens (tertiary/aromatic N) is 1. The molecule has 1 heterocycles. The number of aryl methyl sites for hydroxylation is 1. The van der Waals surface area contributed by atoms with Crippen molar-refractivity contribution in [3.63, 3.8) is 0 Å². The van der Waals surface area contributed by atoms with Crippen molar-refractivity contribution >= 4 is 23.8 Å². The molecule has 0 saturated carbocycles. The lowest BCUT2D eigenvalue weighted by Crippen LogP contribution is -1.90. The second-order valence-electron chi connectivity index (χ2n) is 4.07. The van der Waals surface area contributed by atoms with Gasteiger partial charge in [-0.1, -0.05) is 17.8 Å². The van der Waals surface area contributed by atoms with E-state index in [-0.39, 0.29) is 5.56 Å². The molecule has 0 unspecified atom stereocenters. The summed E-state index contributed by atoms with van der Waals surface area (Å²) < 4.78 is 18.7. The average molecular weight is 293 g/mol. The second kappa shape index (κ2) is 6.38. The molecule has 4 nitrogen and oxygen atoms in total. The highest BCUT2D eigenvalue weighted by Crippen LogP contribution is 2.23. The monoisotopic (exact) mass is 293 g/mol. The van der Waals surface area contributed by atoms with Gasteiger partial charge in [0.2, 0.25) is 0 Å². The van der Waals surface area contributed by atoms with Crippen LogP contribution in [0, 0.1) is 12.7 Å². The van der Waals surface area contributed by atoms with E-state index in [1.165, 1.54) is 23.9 Å². The first-order valence-corrected chi connectivity index (χ1v) is 6.77. The van der Waals surface area contributed by atoms with Crippen LogP contribution in [-0.4, -0.2) is 16.1 Å². The van der Waals surface area contributed by atoms with Gasteiger partial charge in [0, 0.05) is 17.4 Å². The van der Waals surface area contributed by atoms with Crippen LogP contribution < -0.4 is 0 Å². The molecule has 0 saturated heterocycles. The summed E-state index contributed by atoms with van der Waals surface area (Å²) in [7, 11) is 0. The molecule has 0 bridgehead atoms. The van der Waals surface area contributed by atoms with Crippen LogP contribution in [0.15, 0.2) is 40.2 Å². The Morgan fingerprint density at radius 1 is 1.55 bits per heavy atom. The zero-order chi connectivity index (χ0) is 14.5. The molecule has 0 atom stereocenters. The minimum absolute atomic E-state index is 0.245. The largest absolute Gasteiger partial charge is 0.478 e.